The quantitative estimate of drug-likeness (QED) is 0.0634. The summed E-state index contributed by atoms with van der Waals surface area (Å²) < 4.78 is 137. The number of hydrogen-bond acceptors (Lipinski definition) is 20. The van der Waals surface area contributed by atoms with E-state index in [1.54, 1.807) is 35.0 Å². The van der Waals surface area contributed by atoms with E-state index in [1.165, 1.54) is 53.3 Å². The zero-order valence-corrected chi connectivity index (χ0v) is 51.9. The molecule has 3 fully saturated rings. The van der Waals surface area contributed by atoms with Crippen LogP contribution in [-0.2, 0) is 82.3 Å². The Morgan fingerprint density at radius 3 is 1.37 bits per heavy atom. The molecule has 14 unspecified atom stereocenters. The smallest absolute Gasteiger partial charge is 0.870 e. The Balaban J connectivity index is -0.0000000546. The van der Waals surface area contributed by atoms with Crippen LogP contribution in [0.2, 0.25) is 0 Å². The van der Waals surface area contributed by atoms with Crippen LogP contribution in [0.15, 0.2) is 0 Å². The maximum atomic E-state index is 13.0. The largest absolute Gasteiger partial charge is 1.00 e. The number of nitrogens with one attached hydrogen (secondary N) is 1. The topological polar surface area (TPSA) is 281 Å². The van der Waals surface area contributed by atoms with E-state index >= 15 is 0 Å². The number of ether oxygens (including phenoxy) is 3. The SMILES string of the molecule is C.C.C.C.C.C.C.C.C.C.CC1CO[P+](=O)O1.COCC(C)OP(C)(=O)Cl.COCC(C)O[P+](C)=O.ClCl.NC1CCC1.[3H]C(P)P(=O)(OCC(C)OP(C)(=O)NC1CCC1)OC(C)COP(=O)(Cl)OC(C)COC.[Na+].[OH-]. The number of methoxy groups -OCH3 is 3. The first kappa shape index (κ1) is 114. The molecule has 21 nitrogen and oxygen atoms in total. The molecule has 2 aliphatic carbocycles. The van der Waals surface area contributed by atoms with Gasteiger partial charge in [0.05, 0.1) is 63.3 Å². The molecule has 33 heteroatoms. The third-order valence-electron chi connectivity index (χ3n) is 7.40. The van der Waals surface area contributed by atoms with Crippen molar-refractivity contribution in [3.63, 3.8) is 0 Å². The van der Waals surface area contributed by atoms with Crippen molar-refractivity contribution in [2.75, 3.05) is 86.8 Å². The summed E-state index contributed by atoms with van der Waals surface area (Å²) in [7, 11) is 4.64. The zero-order valence-electron chi connectivity index (χ0n) is 41.3. The summed E-state index contributed by atoms with van der Waals surface area (Å²) >= 11 is 11.1. The van der Waals surface area contributed by atoms with Gasteiger partial charge in [0.25, 0.3) is 14.2 Å². The van der Waals surface area contributed by atoms with Crippen LogP contribution in [0.25, 0.3) is 0 Å². The van der Waals surface area contributed by atoms with Gasteiger partial charge in [-0.05, 0) is 83.0 Å². The molecule has 3 aliphatic rings. The molecule has 0 amide bonds. The van der Waals surface area contributed by atoms with Gasteiger partial charge in [-0.1, -0.05) is 87.1 Å². The van der Waals surface area contributed by atoms with Gasteiger partial charge in [0.1, 0.15) is 18.8 Å². The van der Waals surface area contributed by atoms with E-state index in [-0.39, 0.29) is 153 Å². The first-order valence-electron chi connectivity index (χ1n) is 20.5. The Morgan fingerprint density at radius 1 is 0.711 bits per heavy atom. The molecular weight excluding hydrogens is 1230 g/mol. The minimum atomic E-state index is -3.94. The molecule has 14 atom stereocenters. The van der Waals surface area contributed by atoms with Crippen molar-refractivity contribution in [3.05, 3.63) is 0 Å². The number of halogens is 4. The number of rotatable bonds is 25. The van der Waals surface area contributed by atoms with E-state index in [9.17, 15) is 27.4 Å². The fourth-order valence-corrected chi connectivity index (χ4v) is 11.8. The van der Waals surface area contributed by atoms with Crippen molar-refractivity contribution in [2.24, 2.45) is 5.73 Å². The van der Waals surface area contributed by atoms with E-state index in [4.69, 9.17) is 75.5 Å². The Kier molecular flexibility index (Phi) is 101. The van der Waals surface area contributed by atoms with Crippen LogP contribution in [0.3, 0.4) is 0 Å². The van der Waals surface area contributed by atoms with Gasteiger partial charge in [-0.15, -0.1) is 22.8 Å². The van der Waals surface area contributed by atoms with Gasteiger partial charge in [-0.2, -0.15) is 0 Å². The summed E-state index contributed by atoms with van der Waals surface area (Å²) in [5.74, 6) is -1.29. The second-order valence-electron chi connectivity index (χ2n) is 14.6. The Hall–Kier alpha value is 3.11. The fourth-order valence-electron chi connectivity index (χ4n) is 4.49. The van der Waals surface area contributed by atoms with E-state index in [0.29, 0.717) is 25.9 Å². The van der Waals surface area contributed by atoms with E-state index < -0.39 is 69.3 Å². The van der Waals surface area contributed by atoms with Crippen LogP contribution >= 0.6 is 98.5 Å². The average Bonchev–Trinajstić information content (AvgIpc) is 3.53. The van der Waals surface area contributed by atoms with Gasteiger partial charge < -0.3 is 43.5 Å². The van der Waals surface area contributed by atoms with Crippen LogP contribution in [0.4, 0.5) is 0 Å². The molecule has 2 saturated carbocycles. The normalized spacial score (nSPS) is 19.9. The van der Waals surface area contributed by atoms with Crippen LogP contribution in [-0.4, -0.2) is 141 Å². The molecule has 0 spiro atoms. The predicted octanol–water partition coefficient (Wildman–Crippen LogP) is 14.9. The van der Waals surface area contributed by atoms with E-state index in [2.05, 4.69) is 45.1 Å². The van der Waals surface area contributed by atoms with Crippen LogP contribution in [0.1, 0.15) is 156 Å². The second kappa shape index (κ2) is 67.2. The molecule has 0 aromatic heterocycles. The zero-order chi connectivity index (χ0) is 51.0. The number of hydrogen-bond donors (Lipinski definition) is 2. The molecule has 474 valence electrons. The van der Waals surface area contributed by atoms with Crippen molar-refractivity contribution in [2.45, 2.75) is 203 Å². The summed E-state index contributed by atoms with van der Waals surface area (Å²) in [6.45, 7) is 8.76. The first-order chi connectivity index (χ1) is 30.0. The summed E-state index contributed by atoms with van der Waals surface area (Å²) in [6.07, 6.45) is 4.53. The molecule has 1 saturated heterocycles. The van der Waals surface area contributed by atoms with Crippen molar-refractivity contribution in [3.8, 4) is 0 Å². The summed E-state index contributed by atoms with van der Waals surface area (Å²) in [4.78, 5) is 0. The van der Waals surface area contributed by atoms with Gasteiger partial charge in [0, 0.05) is 85.6 Å². The molecule has 1 aliphatic heterocycles. The minimum absolute atomic E-state index is 0. The standard InChI is InChI=1S/C16H36ClNO9P4.C5H12ClO3P.C5H12O3P.C4H9N.C3H6O3P.10CH4.Cl2.Na.H2O/c1-13(9-22-4)27-31(17,21)24-11-15(3)26-30(20,12-28)23-10-14(2)25-29(5,19)18-16-7-6-8-16;1-5(4-8-2)9-10(3,6)7;1-5(4-7-2)8-9(3)6;5-4-2-1-3-4;1-3-2-5-7(4)6-3;;;;;;;;;;;1-2;;/h13-16H,6-12,28H2,1-5H3,(H,18,19);5H,4H2,1-3H3;5H,4H2,1-3H3;4H,1-3,5H2;3H,2H2,1H3;10*1H4;;;1H2/q;;+1;;+1;;;;;;;;;;;;+1;/p-1/i12T;;;;;;;;;;;;;;;;;. The van der Waals surface area contributed by atoms with Gasteiger partial charge in [-0.3, -0.25) is 22.7 Å². The molecule has 0 radical (unpaired) electrons. The predicted molar refractivity (Wildman–Crippen MR) is 330 cm³/mol. The van der Waals surface area contributed by atoms with Crippen molar-refractivity contribution in [1.82, 2.24) is 5.09 Å². The average molecular weight is 1350 g/mol. The third kappa shape index (κ3) is 75.1. The summed E-state index contributed by atoms with van der Waals surface area (Å²) in [5, 5.41) is 2.99. The first-order valence-corrected chi connectivity index (χ1v) is 33.6. The molecule has 0 aromatic carbocycles. The van der Waals surface area contributed by atoms with Crippen LogP contribution in [0.5, 0.6) is 0 Å². The molecule has 1 heterocycles. The third-order valence-corrected chi connectivity index (χ3v) is 15.7. The van der Waals surface area contributed by atoms with E-state index in [1.807, 2.05) is 13.8 Å². The summed E-state index contributed by atoms with van der Waals surface area (Å²) in [6, 6.07) is 0.744. The Morgan fingerprint density at radius 2 is 1.08 bits per heavy atom. The molecular formula is C43H116Cl4N2NaO19P7+2. The summed E-state index contributed by atoms with van der Waals surface area (Å²) in [5.41, 5.74) is 5.38. The molecule has 4 N–H and O–H groups in total. The van der Waals surface area contributed by atoms with Gasteiger partial charge in [0.15, 0.2) is 6.66 Å². The Labute approximate surface area is 514 Å². The second-order valence-corrected chi connectivity index (χ2v) is 27.6. The van der Waals surface area contributed by atoms with E-state index in [0.717, 1.165) is 19.3 Å². The van der Waals surface area contributed by atoms with Crippen LogP contribution in [0, 0.1) is 0 Å². The molecule has 0 aromatic rings. The maximum Gasteiger partial charge on any atom is 1.00 e. The molecule has 3 rings (SSSR count). The maximum absolute atomic E-state index is 13.0. The van der Waals surface area contributed by atoms with Gasteiger partial charge in [-0.25, -0.2) is 9.65 Å². The van der Waals surface area contributed by atoms with Gasteiger partial charge in [0.2, 0.25) is 0 Å². The Bertz CT molecular complexity index is 1480. The minimum Gasteiger partial charge on any atom is -0.870 e. The van der Waals surface area contributed by atoms with Crippen molar-refractivity contribution >= 4 is 98.5 Å². The van der Waals surface area contributed by atoms with Crippen LogP contribution < -0.4 is 40.4 Å². The molecule has 0 bridgehead atoms. The monoisotopic (exact) mass is 1350 g/mol. The van der Waals surface area contributed by atoms with Crippen molar-refractivity contribution < 1.29 is 119 Å². The molecule has 76 heavy (non-hydrogen) atoms. The fraction of sp³-hybridized carbons (Fsp3) is 1.00. The van der Waals surface area contributed by atoms with Gasteiger partial charge >= 0.3 is 60.4 Å². The van der Waals surface area contributed by atoms with Crippen molar-refractivity contribution in [1.29, 1.82) is 0 Å². The number of nitrogens with two attached hydrogens (primary N) is 1.